The van der Waals surface area contributed by atoms with Gasteiger partial charge in [-0.15, -0.1) is 0 Å². The Bertz CT molecular complexity index is 883. The quantitative estimate of drug-likeness (QED) is 0.403. The molecule has 0 saturated heterocycles. The summed E-state index contributed by atoms with van der Waals surface area (Å²) in [6, 6.07) is 17.7. The molecule has 0 atom stereocenters. The van der Waals surface area contributed by atoms with E-state index in [1.165, 1.54) is 12.1 Å². The fourth-order valence-electron chi connectivity index (χ4n) is 2.30. The van der Waals surface area contributed by atoms with Crippen LogP contribution in [0.3, 0.4) is 0 Å². The Kier molecular flexibility index (Phi) is 4.38. The highest BCUT2D eigenvalue weighted by molar-refractivity contribution is 5.81. The van der Waals surface area contributed by atoms with Gasteiger partial charge in [0.05, 0.1) is 29.6 Å². The van der Waals surface area contributed by atoms with Crippen LogP contribution in [0.5, 0.6) is 5.75 Å². The van der Waals surface area contributed by atoms with Crippen LogP contribution in [0.2, 0.25) is 0 Å². The molecule has 1 aromatic heterocycles. The maximum atomic E-state index is 10.8. The third kappa shape index (κ3) is 3.33. The molecule has 0 N–H and O–H groups in total. The van der Waals surface area contributed by atoms with Gasteiger partial charge in [0.2, 0.25) is 0 Å². The number of aliphatic imine (C=N–C) groups is 1. The molecular weight excluding hydrogens is 306 g/mol. The molecule has 0 fully saturated rings. The van der Waals surface area contributed by atoms with E-state index in [1.54, 1.807) is 25.5 Å². The predicted molar refractivity (Wildman–Crippen MR) is 92.7 cm³/mol. The molecule has 6 nitrogen and oxygen atoms in total. The Morgan fingerprint density at radius 1 is 1.12 bits per heavy atom. The van der Waals surface area contributed by atoms with Crippen molar-refractivity contribution >= 4 is 17.6 Å². The second kappa shape index (κ2) is 6.78. The zero-order chi connectivity index (χ0) is 16.9. The van der Waals surface area contributed by atoms with E-state index >= 15 is 0 Å². The summed E-state index contributed by atoms with van der Waals surface area (Å²) >= 11 is 0. The lowest BCUT2D eigenvalue weighted by atomic mass is 10.3. The van der Waals surface area contributed by atoms with Crippen LogP contribution in [0.1, 0.15) is 5.69 Å². The van der Waals surface area contributed by atoms with Gasteiger partial charge < -0.3 is 9.30 Å². The minimum Gasteiger partial charge on any atom is -0.497 e. The van der Waals surface area contributed by atoms with Crippen molar-refractivity contribution in [3.63, 3.8) is 0 Å². The van der Waals surface area contributed by atoms with Gasteiger partial charge in [0.1, 0.15) is 5.75 Å². The fourth-order valence-corrected chi connectivity index (χ4v) is 2.30. The van der Waals surface area contributed by atoms with Crippen molar-refractivity contribution in [2.75, 3.05) is 7.11 Å². The summed E-state index contributed by atoms with van der Waals surface area (Å²) in [5.41, 5.74) is 2.40. The Labute approximate surface area is 138 Å². The van der Waals surface area contributed by atoms with Crippen LogP contribution in [0.15, 0.2) is 71.9 Å². The maximum Gasteiger partial charge on any atom is 0.271 e. The first-order chi connectivity index (χ1) is 11.7. The summed E-state index contributed by atoms with van der Waals surface area (Å²) in [4.78, 5) is 14.7. The van der Waals surface area contributed by atoms with Crippen LogP contribution in [-0.2, 0) is 0 Å². The molecule has 6 heteroatoms. The molecule has 0 radical (unpaired) electrons. The average molecular weight is 321 g/mol. The molecule has 0 aliphatic carbocycles. The molecule has 2 aromatic carbocycles. The lowest BCUT2D eigenvalue weighted by Gasteiger charge is -2.07. The number of nitrogens with zero attached hydrogens (tertiary/aromatic N) is 3. The van der Waals surface area contributed by atoms with Gasteiger partial charge in [-0.05, 0) is 42.5 Å². The van der Waals surface area contributed by atoms with E-state index in [4.69, 9.17) is 4.74 Å². The van der Waals surface area contributed by atoms with Crippen molar-refractivity contribution in [1.82, 2.24) is 4.57 Å². The van der Waals surface area contributed by atoms with E-state index in [0.29, 0.717) is 5.69 Å². The number of methoxy groups -OCH3 is 1. The molecule has 0 saturated carbocycles. The summed E-state index contributed by atoms with van der Waals surface area (Å²) in [6.07, 6.45) is 3.61. The largest absolute Gasteiger partial charge is 0.497 e. The lowest BCUT2D eigenvalue weighted by molar-refractivity contribution is -0.384. The highest BCUT2D eigenvalue weighted by Gasteiger charge is 2.05. The number of nitro benzene ring substituents is 1. The van der Waals surface area contributed by atoms with E-state index in [1.807, 2.05) is 47.2 Å². The number of non-ortho nitro benzene ring substituents is 1. The van der Waals surface area contributed by atoms with Crippen molar-refractivity contribution in [1.29, 1.82) is 0 Å². The Morgan fingerprint density at radius 2 is 1.92 bits per heavy atom. The first-order valence-electron chi connectivity index (χ1n) is 7.28. The van der Waals surface area contributed by atoms with Crippen LogP contribution in [0.4, 0.5) is 11.4 Å². The zero-order valence-electron chi connectivity index (χ0n) is 13.0. The zero-order valence-corrected chi connectivity index (χ0v) is 13.0. The molecule has 0 aliphatic rings. The predicted octanol–water partition coefficient (Wildman–Crippen LogP) is 4.14. The van der Waals surface area contributed by atoms with Gasteiger partial charge in [-0.1, -0.05) is 6.07 Å². The van der Waals surface area contributed by atoms with Crippen LogP contribution in [-0.4, -0.2) is 22.8 Å². The molecule has 120 valence electrons. The first kappa shape index (κ1) is 15.5. The smallest absolute Gasteiger partial charge is 0.271 e. The summed E-state index contributed by atoms with van der Waals surface area (Å²) in [5, 5.41) is 10.8. The van der Waals surface area contributed by atoms with Gasteiger partial charge in [0.15, 0.2) is 0 Å². The van der Waals surface area contributed by atoms with Gasteiger partial charge in [0, 0.05) is 24.0 Å². The highest BCUT2D eigenvalue weighted by Crippen LogP contribution is 2.20. The first-order valence-corrected chi connectivity index (χ1v) is 7.28. The minimum absolute atomic E-state index is 0.0233. The minimum atomic E-state index is -0.431. The molecular formula is C18H15N3O3. The number of hydrogen-bond acceptors (Lipinski definition) is 4. The van der Waals surface area contributed by atoms with Crippen LogP contribution in [0.25, 0.3) is 5.69 Å². The molecule has 24 heavy (non-hydrogen) atoms. The highest BCUT2D eigenvalue weighted by atomic mass is 16.6. The molecule has 0 bridgehead atoms. The average Bonchev–Trinajstić information content (AvgIpc) is 3.09. The standard InChI is InChI=1S/C18H15N3O3/c1-24-18-9-7-15(8-10-18)20-11-3-6-17(20)13-19-14-4-2-5-16(12-14)21(22)23/h2-13H,1H3. The molecule has 3 aromatic rings. The third-order valence-corrected chi connectivity index (χ3v) is 3.52. The van der Waals surface area contributed by atoms with Gasteiger partial charge in [0.25, 0.3) is 5.69 Å². The second-order valence-corrected chi connectivity index (χ2v) is 5.04. The van der Waals surface area contributed by atoms with Crippen molar-refractivity contribution < 1.29 is 9.66 Å². The molecule has 0 amide bonds. The second-order valence-electron chi connectivity index (χ2n) is 5.04. The summed E-state index contributed by atoms with van der Waals surface area (Å²) < 4.78 is 7.13. The molecule has 0 spiro atoms. The van der Waals surface area contributed by atoms with Crippen molar-refractivity contribution in [2.24, 2.45) is 4.99 Å². The van der Waals surface area contributed by atoms with Crippen LogP contribution >= 0.6 is 0 Å². The van der Waals surface area contributed by atoms with Crippen molar-refractivity contribution in [3.05, 3.63) is 82.7 Å². The Balaban J connectivity index is 1.87. The van der Waals surface area contributed by atoms with E-state index in [2.05, 4.69) is 4.99 Å². The van der Waals surface area contributed by atoms with Crippen molar-refractivity contribution in [3.8, 4) is 11.4 Å². The van der Waals surface area contributed by atoms with Gasteiger partial charge in [-0.2, -0.15) is 0 Å². The van der Waals surface area contributed by atoms with E-state index < -0.39 is 4.92 Å². The third-order valence-electron chi connectivity index (χ3n) is 3.52. The number of ether oxygens (including phenoxy) is 1. The van der Waals surface area contributed by atoms with Crippen LogP contribution < -0.4 is 4.74 Å². The molecule has 0 aliphatic heterocycles. The number of nitro groups is 1. The van der Waals surface area contributed by atoms with E-state index in [9.17, 15) is 10.1 Å². The number of aromatic nitrogens is 1. The monoisotopic (exact) mass is 321 g/mol. The van der Waals surface area contributed by atoms with Crippen molar-refractivity contribution in [2.45, 2.75) is 0 Å². The lowest BCUT2D eigenvalue weighted by Crippen LogP contribution is -1.97. The Hall–Kier alpha value is -3.41. The Morgan fingerprint density at radius 3 is 2.62 bits per heavy atom. The molecule has 1 heterocycles. The van der Waals surface area contributed by atoms with E-state index in [0.717, 1.165) is 17.1 Å². The fraction of sp³-hybridized carbons (Fsp3) is 0.0556. The topological polar surface area (TPSA) is 69.7 Å². The van der Waals surface area contributed by atoms with Gasteiger partial charge >= 0.3 is 0 Å². The molecule has 3 rings (SSSR count). The maximum absolute atomic E-state index is 10.8. The summed E-state index contributed by atoms with van der Waals surface area (Å²) in [6.45, 7) is 0. The molecule has 0 unspecified atom stereocenters. The number of benzene rings is 2. The van der Waals surface area contributed by atoms with Gasteiger partial charge in [-0.3, -0.25) is 15.1 Å². The normalized spacial score (nSPS) is 10.9. The van der Waals surface area contributed by atoms with E-state index in [-0.39, 0.29) is 5.69 Å². The summed E-state index contributed by atoms with van der Waals surface area (Å²) in [7, 11) is 1.63. The number of hydrogen-bond donors (Lipinski definition) is 0. The summed E-state index contributed by atoms with van der Waals surface area (Å²) in [5.74, 6) is 0.790. The van der Waals surface area contributed by atoms with Gasteiger partial charge in [-0.25, -0.2) is 0 Å². The SMILES string of the molecule is COc1ccc(-n2cccc2C=Nc2cccc([N+](=O)[O-])c2)cc1. The number of rotatable bonds is 5. The van der Waals surface area contributed by atoms with Crippen LogP contribution in [0, 0.1) is 10.1 Å².